The molecule has 0 bridgehead atoms. The molecule has 0 atom stereocenters. The maximum Gasteiger partial charge on any atom is 0.0882 e. The summed E-state index contributed by atoms with van der Waals surface area (Å²) in [5.74, 6) is 0. The first-order valence-electron chi connectivity index (χ1n) is 6.81. The largest absolute Gasteiger partial charge is 0.501 e. The van der Waals surface area contributed by atoms with E-state index in [-0.39, 0.29) is 0 Å². The minimum atomic E-state index is 0.403. The van der Waals surface area contributed by atoms with Gasteiger partial charge in [0.2, 0.25) is 0 Å². The molecule has 1 aliphatic rings. The molecule has 0 aliphatic carbocycles. The minimum Gasteiger partial charge on any atom is -0.501 e. The van der Waals surface area contributed by atoms with Crippen LogP contribution in [0.3, 0.4) is 0 Å². The second-order valence-corrected chi connectivity index (χ2v) is 4.89. The van der Waals surface area contributed by atoms with Crippen LogP contribution in [0.1, 0.15) is 18.4 Å². The van der Waals surface area contributed by atoms with Crippen LogP contribution >= 0.6 is 0 Å². The molecule has 0 aromatic carbocycles. The Hall–Kier alpha value is -2.69. The smallest absolute Gasteiger partial charge is 0.0882 e. The van der Waals surface area contributed by atoms with E-state index in [1.807, 2.05) is 18.2 Å². The average Bonchev–Trinajstić information content (AvgIpc) is 2.56. The normalized spacial score (nSPS) is 14.2. The topological polar surface area (TPSA) is 84.9 Å². The molecule has 3 heterocycles. The number of nitrogens with one attached hydrogen (secondary N) is 1. The highest BCUT2D eigenvalue weighted by Gasteiger charge is 2.15. The summed E-state index contributed by atoms with van der Waals surface area (Å²) in [6.07, 6.45) is 8.48. The van der Waals surface area contributed by atoms with E-state index >= 15 is 0 Å². The maximum atomic E-state index is 8.35. The van der Waals surface area contributed by atoms with Crippen molar-refractivity contribution in [2.45, 2.75) is 12.8 Å². The van der Waals surface area contributed by atoms with Crippen molar-refractivity contribution in [1.29, 1.82) is 5.41 Å². The van der Waals surface area contributed by atoms with Gasteiger partial charge >= 0.3 is 0 Å². The number of anilines is 1. The molecule has 1 aliphatic heterocycles. The summed E-state index contributed by atoms with van der Waals surface area (Å²) >= 11 is 0. The first-order valence-corrected chi connectivity index (χ1v) is 6.81. The number of hydrogen-bond donors (Lipinski definition) is 2. The van der Waals surface area contributed by atoms with Gasteiger partial charge in [0.1, 0.15) is 0 Å². The maximum absolute atomic E-state index is 8.35. The Kier molecular flexibility index (Phi) is 3.64. The van der Waals surface area contributed by atoms with E-state index < -0.39 is 0 Å². The number of nitrogens with two attached hydrogens (primary N) is 1. The van der Waals surface area contributed by atoms with E-state index in [4.69, 9.17) is 15.9 Å². The second-order valence-electron chi connectivity index (χ2n) is 4.89. The molecule has 0 radical (unpaired) electrons. The van der Waals surface area contributed by atoms with Gasteiger partial charge in [0.05, 0.1) is 36.2 Å². The third kappa shape index (κ3) is 2.76. The Labute approximate surface area is 123 Å². The number of aromatic nitrogens is 2. The van der Waals surface area contributed by atoms with Crippen molar-refractivity contribution in [3.63, 3.8) is 0 Å². The molecule has 0 fully saturated rings. The number of rotatable bonds is 3. The van der Waals surface area contributed by atoms with Crippen LogP contribution in [0.5, 0.6) is 0 Å². The zero-order chi connectivity index (χ0) is 14.7. The molecule has 0 saturated heterocycles. The molecule has 5 nitrogen and oxygen atoms in total. The molecule has 0 saturated carbocycles. The highest BCUT2D eigenvalue weighted by Crippen LogP contribution is 2.25. The quantitative estimate of drug-likeness (QED) is 0.847. The second kappa shape index (κ2) is 5.75. The van der Waals surface area contributed by atoms with Gasteiger partial charge in [-0.05, 0) is 31.0 Å². The van der Waals surface area contributed by atoms with E-state index in [0.29, 0.717) is 23.6 Å². The van der Waals surface area contributed by atoms with Crippen molar-refractivity contribution in [3.05, 3.63) is 54.2 Å². The first kappa shape index (κ1) is 13.3. The van der Waals surface area contributed by atoms with Crippen LogP contribution in [0.2, 0.25) is 0 Å². The van der Waals surface area contributed by atoms with Gasteiger partial charge in [0.15, 0.2) is 0 Å². The zero-order valence-corrected chi connectivity index (χ0v) is 11.5. The molecule has 0 unspecified atom stereocenters. The summed E-state index contributed by atoms with van der Waals surface area (Å²) in [5.41, 5.74) is 10.1. The van der Waals surface area contributed by atoms with Gasteiger partial charge in [-0.25, -0.2) is 0 Å². The van der Waals surface area contributed by atoms with Crippen LogP contribution in [0.15, 0.2) is 48.6 Å². The first-order chi connectivity index (χ1) is 10.3. The summed E-state index contributed by atoms with van der Waals surface area (Å²) in [5, 5.41) is 8.35. The number of nitrogen functional groups attached to an aromatic ring is 1. The van der Waals surface area contributed by atoms with Gasteiger partial charge in [0, 0.05) is 29.1 Å². The number of nitrogens with zero attached hydrogens (tertiary/aromatic N) is 2. The molecule has 0 amide bonds. The van der Waals surface area contributed by atoms with Gasteiger partial charge in [-0.2, -0.15) is 0 Å². The lowest BCUT2D eigenvalue weighted by Crippen LogP contribution is -2.12. The fourth-order valence-corrected chi connectivity index (χ4v) is 2.28. The van der Waals surface area contributed by atoms with Gasteiger partial charge in [-0.15, -0.1) is 0 Å². The van der Waals surface area contributed by atoms with Gasteiger partial charge < -0.3 is 10.5 Å². The Morgan fingerprint density at radius 1 is 1.33 bits per heavy atom. The number of allylic oxidation sites excluding steroid dienone is 1. The highest BCUT2D eigenvalue weighted by atomic mass is 16.5. The summed E-state index contributed by atoms with van der Waals surface area (Å²) in [6, 6.07) is 5.63. The lowest BCUT2D eigenvalue weighted by atomic mass is 9.97. The number of ether oxygens (including phenoxy) is 1. The minimum absolute atomic E-state index is 0.403. The third-order valence-corrected chi connectivity index (χ3v) is 3.42. The van der Waals surface area contributed by atoms with Crippen molar-refractivity contribution < 1.29 is 4.74 Å². The summed E-state index contributed by atoms with van der Waals surface area (Å²) < 4.78 is 5.31. The Morgan fingerprint density at radius 3 is 2.95 bits per heavy atom. The van der Waals surface area contributed by atoms with Gasteiger partial charge in [-0.3, -0.25) is 15.4 Å². The standard InChI is InChI=1S/C16H16N4O/c17-14-9-20-15(11-3-1-5-19-8-11)7-13(14)16(18)12-4-2-6-21-10-12/h1,3,5,7-10,18H,2,4,6,17H2. The molecule has 2 aromatic heterocycles. The van der Waals surface area contributed by atoms with E-state index in [0.717, 1.165) is 29.7 Å². The van der Waals surface area contributed by atoms with Crippen molar-refractivity contribution in [2.24, 2.45) is 0 Å². The predicted molar refractivity (Wildman–Crippen MR) is 82.0 cm³/mol. The third-order valence-electron chi connectivity index (χ3n) is 3.42. The molecule has 21 heavy (non-hydrogen) atoms. The predicted octanol–water partition coefficient (Wildman–Crippen LogP) is 2.79. The fourth-order valence-electron chi connectivity index (χ4n) is 2.28. The van der Waals surface area contributed by atoms with Crippen molar-refractivity contribution in [1.82, 2.24) is 9.97 Å². The van der Waals surface area contributed by atoms with E-state index in [9.17, 15) is 0 Å². The van der Waals surface area contributed by atoms with Crippen molar-refractivity contribution in [3.8, 4) is 11.3 Å². The number of pyridine rings is 2. The lowest BCUT2D eigenvalue weighted by Gasteiger charge is -2.16. The molecule has 106 valence electrons. The zero-order valence-electron chi connectivity index (χ0n) is 11.5. The van der Waals surface area contributed by atoms with Crippen LogP contribution in [-0.4, -0.2) is 22.3 Å². The van der Waals surface area contributed by atoms with Gasteiger partial charge in [-0.1, -0.05) is 0 Å². The Morgan fingerprint density at radius 2 is 2.24 bits per heavy atom. The molecule has 3 rings (SSSR count). The van der Waals surface area contributed by atoms with E-state index in [1.165, 1.54) is 0 Å². The highest BCUT2D eigenvalue weighted by molar-refractivity contribution is 6.13. The summed E-state index contributed by atoms with van der Waals surface area (Å²) in [6.45, 7) is 0.712. The van der Waals surface area contributed by atoms with Crippen molar-refractivity contribution >= 4 is 11.4 Å². The van der Waals surface area contributed by atoms with Crippen LogP contribution in [0.25, 0.3) is 11.3 Å². The molecule has 3 N–H and O–H groups in total. The van der Waals surface area contributed by atoms with Crippen LogP contribution in [0.4, 0.5) is 5.69 Å². The molecule has 5 heteroatoms. The van der Waals surface area contributed by atoms with Crippen LogP contribution in [0, 0.1) is 5.41 Å². The summed E-state index contributed by atoms with van der Waals surface area (Å²) in [4.78, 5) is 8.42. The summed E-state index contributed by atoms with van der Waals surface area (Å²) in [7, 11) is 0. The van der Waals surface area contributed by atoms with Crippen LogP contribution in [-0.2, 0) is 4.74 Å². The Bertz CT molecular complexity index is 695. The lowest BCUT2D eigenvalue weighted by molar-refractivity contribution is 0.228. The molecular weight excluding hydrogens is 264 g/mol. The average molecular weight is 280 g/mol. The SMILES string of the molecule is N=C(C1=COCCC1)c1cc(-c2cccnc2)ncc1N. The van der Waals surface area contributed by atoms with E-state index in [2.05, 4.69) is 9.97 Å². The van der Waals surface area contributed by atoms with E-state index in [1.54, 1.807) is 24.9 Å². The Balaban J connectivity index is 1.99. The molecule has 2 aromatic rings. The number of hydrogen-bond acceptors (Lipinski definition) is 5. The van der Waals surface area contributed by atoms with Crippen molar-refractivity contribution in [2.75, 3.05) is 12.3 Å². The monoisotopic (exact) mass is 280 g/mol. The molecular formula is C16H16N4O. The molecule has 0 spiro atoms. The van der Waals surface area contributed by atoms with Crippen LogP contribution < -0.4 is 5.73 Å². The van der Waals surface area contributed by atoms with Gasteiger partial charge in [0.25, 0.3) is 0 Å². The fraction of sp³-hybridized carbons (Fsp3) is 0.188.